The van der Waals surface area contributed by atoms with Crippen molar-refractivity contribution in [2.45, 2.75) is 11.8 Å². The number of hydrogen-bond acceptors (Lipinski definition) is 7. The molecule has 1 amide bonds. The van der Waals surface area contributed by atoms with Gasteiger partial charge in [0, 0.05) is 12.6 Å². The number of benzene rings is 2. The molecular formula is C18H18N2O7S. The minimum Gasteiger partial charge on any atom is -0.465 e. The van der Waals surface area contributed by atoms with E-state index in [4.69, 9.17) is 0 Å². The lowest BCUT2D eigenvalue weighted by Gasteiger charge is -2.13. The first kappa shape index (κ1) is 20.9. The number of esters is 2. The SMILES string of the molecule is COC(=O)c1ccc(C(=O)OC)c(S(=O)(=O)Nc2cccc(NC(C)=O)c2)c1. The van der Waals surface area contributed by atoms with Gasteiger partial charge < -0.3 is 14.8 Å². The molecule has 0 radical (unpaired) electrons. The minimum absolute atomic E-state index is 0.0532. The molecule has 0 aromatic heterocycles. The number of methoxy groups -OCH3 is 2. The lowest BCUT2D eigenvalue weighted by molar-refractivity contribution is -0.114. The highest BCUT2D eigenvalue weighted by molar-refractivity contribution is 7.92. The van der Waals surface area contributed by atoms with Crippen LogP contribution in [0.3, 0.4) is 0 Å². The van der Waals surface area contributed by atoms with Crippen molar-refractivity contribution in [2.24, 2.45) is 0 Å². The summed E-state index contributed by atoms with van der Waals surface area (Å²) < 4.78 is 37.3. The lowest BCUT2D eigenvalue weighted by Crippen LogP contribution is -2.19. The third-order valence-corrected chi connectivity index (χ3v) is 4.95. The zero-order chi connectivity index (χ0) is 20.9. The van der Waals surface area contributed by atoms with Crippen molar-refractivity contribution in [3.05, 3.63) is 53.6 Å². The van der Waals surface area contributed by atoms with Gasteiger partial charge in [-0.2, -0.15) is 0 Å². The van der Waals surface area contributed by atoms with E-state index in [9.17, 15) is 22.8 Å². The molecule has 148 valence electrons. The molecule has 0 bridgehead atoms. The predicted octanol–water partition coefficient (Wildman–Crippen LogP) is 2.02. The fourth-order valence-electron chi connectivity index (χ4n) is 2.34. The van der Waals surface area contributed by atoms with Crippen LogP contribution in [-0.2, 0) is 24.3 Å². The van der Waals surface area contributed by atoms with Gasteiger partial charge in [0.2, 0.25) is 5.91 Å². The van der Waals surface area contributed by atoms with Crippen LogP contribution in [0.4, 0.5) is 11.4 Å². The van der Waals surface area contributed by atoms with Gasteiger partial charge in [-0.1, -0.05) is 6.07 Å². The first-order valence-electron chi connectivity index (χ1n) is 7.89. The molecule has 0 aliphatic rings. The number of nitrogens with one attached hydrogen (secondary N) is 2. The first-order chi connectivity index (χ1) is 13.2. The summed E-state index contributed by atoms with van der Waals surface area (Å²) in [6.07, 6.45) is 0. The third kappa shape index (κ3) is 4.86. The van der Waals surface area contributed by atoms with Crippen LogP contribution in [0.5, 0.6) is 0 Å². The number of amides is 1. The van der Waals surface area contributed by atoms with E-state index in [1.54, 1.807) is 6.07 Å². The molecular weight excluding hydrogens is 388 g/mol. The van der Waals surface area contributed by atoms with E-state index in [-0.39, 0.29) is 22.7 Å². The summed E-state index contributed by atoms with van der Waals surface area (Å²) in [6, 6.07) is 9.44. The molecule has 0 aliphatic carbocycles. The minimum atomic E-state index is -4.28. The van der Waals surface area contributed by atoms with Crippen LogP contribution >= 0.6 is 0 Å². The van der Waals surface area contributed by atoms with E-state index in [1.165, 1.54) is 37.3 Å². The van der Waals surface area contributed by atoms with Crippen LogP contribution in [0.25, 0.3) is 0 Å². The van der Waals surface area contributed by atoms with Crippen LogP contribution in [-0.4, -0.2) is 40.5 Å². The molecule has 0 saturated carbocycles. The van der Waals surface area contributed by atoms with Gasteiger partial charge in [0.15, 0.2) is 0 Å². The van der Waals surface area contributed by atoms with Crippen LogP contribution in [0.1, 0.15) is 27.6 Å². The highest BCUT2D eigenvalue weighted by Gasteiger charge is 2.25. The normalized spacial score (nSPS) is 10.7. The number of sulfonamides is 1. The average Bonchev–Trinajstić information content (AvgIpc) is 2.65. The van der Waals surface area contributed by atoms with Crippen molar-refractivity contribution in [1.29, 1.82) is 0 Å². The molecule has 9 nitrogen and oxygen atoms in total. The Morgan fingerprint density at radius 1 is 0.893 bits per heavy atom. The van der Waals surface area contributed by atoms with E-state index in [1.807, 2.05) is 0 Å². The summed E-state index contributed by atoms with van der Waals surface area (Å²) in [5, 5.41) is 2.53. The van der Waals surface area contributed by atoms with Gasteiger partial charge in [0.1, 0.15) is 4.90 Å². The maximum atomic E-state index is 12.9. The van der Waals surface area contributed by atoms with Crippen LogP contribution in [0.15, 0.2) is 47.4 Å². The summed E-state index contributed by atoms with van der Waals surface area (Å²) in [5.41, 5.74) is 0.220. The lowest BCUT2D eigenvalue weighted by atomic mass is 10.1. The van der Waals surface area contributed by atoms with E-state index < -0.39 is 26.9 Å². The van der Waals surface area contributed by atoms with Gasteiger partial charge in [0.05, 0.1) is 31.0 Å². The fourth-order valence-corrected chi connectivity index (χ4v) is 3.61. The summed E-state index contributed by atoms with van der Waals surface area (Å²) in [4.78, 5) is 34.5. The highest BCUT2D eigenvalue weighted by atomic mass is 32.2. The number of carbonyl (C=O) groups is 3. The van der Waals surface area contributed by atoms with Crippen molar-refractivity contribution in [3.63, 3.8) is 0 Å². The van der Waals surface area contributed by atoms with Gasteiger partial charge >= 0.3 is 11.9 Å². The van der Waals surface area contributed by atoms with Crippen LogP contribution < -0.4 is 10.0 Å². The molecule has 28 heavy (non-hydrogen) atoms. The topological polar surface area (TPSA) is 128 Å². The number of carbonyl (C=O) groups excluding carboxylic acids is 3. The highest BCUT2D eigenvalue weighted by Crippen LogP contribution is 2.24. The van der Waals surface area contributed by atoms with Gasteiger partial charge in [0.25, 0.3) is 10.0 Å². The second-order valence-corrected chi connectivity index (χ2v) is 7.21. The second-order valence-electron chi connectivity index (χ2n) is 5.56. The van der Waals surface area contributed by atoms with Gasteiger partial charge in [-0.15, -0.1) is 0 Å². The largest absolute Gasteiger partial charge is 0.465 e. The van der Waals surface area contributed by atoms with Crippen molar-refractivity contribution in [3.8, 4) is 0 Å². The summed E-state index contributed by atoms with van der Waals surface area (Å²) in [6.45, 7) is 1.32. The number of ether oxygens (including phenoxy) is 2. The Balaban J connectivity index is 2.50. The molecule has 0 aliphatic heterocycles. The van der Waals surface area contributed by atoms with Gasteiger partial charge in [-0.25, -0.2) is 18.0 Å². The molecule has 2 aromatic rings. The first-order valence-corrected chi connectivity index (χ1v) is 9.37. The van der Waals surface area contributed by atoms with Crippen molar-refractivity contribution in [2.75, 3.05) is 24.3 Å². The zero-order valence-electron chi connectivity index (χ0n) is 15.3. The van der Waals surface area contributed by atoms with E-state index in [2.05, 4.69) is 19.5 Å². The standard InChI is InChI=1S/C18H18N2O7S/c1-11(21)19-13-5-4-6-14(10-13)20-28(24,25)16-9-12(17(22)26-2)7-8-15(16)18(23)27-3/h4-10,20H,1-3H3,(H,19,21). The van der Waals surface area contributed by atoms with E-state index in [0.29, 0.717) is 5.69 Å². The summed E-state index contributed by atoms with van der Waals surface area (Å²) in [7, 11) is -2.02. The molecule has 2 aromatic carbocycles. The molecule has 10 heteroatoms. The van der Waals surface area contributed by atoms with Crippen LogP contribution in [0, 0.1) is 0 Å². The molecule has 2 N–H and O–H groups in total. The number of anilines is 2. The van der Waals surface area contributed by atoms with E-state index in [0.717, 1.165) is 20.3 Å². The molecule has 0 spiro atoms. The molecule has 0 saturated heterocycles. The second kappa shape index (κ2) is 8.53. The molecule has 0 heterocycles. The third-order valence-electron chi connectivity index (χ3n) is 3.53. The Kier molecular flexibility index (Phi) is 6.37. The Morgan fingerprint density at radius 3 is 2.14 bits per heavy atom. The van der Waals surface area contributed by atoms with Gasteiger partial charge in [-0.3, -0.25) is 9.52 Å². The Morgan fingerprint density at radius 2 is 1.54 bits per heavy atom. The van der Waals surface area contributed by atoms with Crippen molar-refractivity contribution in [1.82, 2.24) is 0 Å². The average molecular weight is 406 g/mol. The molecule has 0 unspecified atom stereocenters. The number of rotatable bonds is 6. The Labute approximate surface area is 161 Å². The molecule has 0 atom stereocenters. The fraction of sp³-hybridized carbons (Fsp3) is 0.167. The summed E-state index contributed by atoms with van der Waals surface area (Å²) >= 11 is 0. The summed E-state index contributed by atoms with van der Waals surface area (Å²) in [5.74, 6) is -1.97. The van der Waals surface area contributed by atoms with E-state index >= 15 is 0 Å². The van der Waals surface area contributed by atoms with Gasteiger partial charge in [-0.05, 0) is 36.4 Å². The molecule has 0 fully saturated rings. The van der Waals surface area contributed by atoms with Crippen molar-refractivity contribution < 1.29 is 32.3 Å². The molecule has 2 rings (SSSR count). The Bertz CT molecular complexity index is 1030. The maximum absolute atomic E-state index is 12.9. The Hall–Kier alpha value is -3.40. The number of hydrogen-bond donors (Lipinski definition) is 2. The monoisotopic (exact) mass is 406 g/mol. The maximum Gasteiger partial charge on any atom is 0.339 e. The van der Waals surface area contributed by atoms with Crippen LogP contribution in [0.2, 0.25) is 0 Å². The zero-order valence-corrected chi connectivity index (χ0v) is 16.1. The quantitative estimate of drug-likeness (QED) is 0.702. The smallest absolute Gasteiger partial charge is 0.339 e. The van der Waals surface area contributed by atoms with Crippen molar-refractivity contribution >= 4 is 39.2 Å². The predicted molar refractivity (Wildman–Crippen MR) is 101 cm³/mol.